The van der Waals surface area contributed by atoms with E-state index in [1.807, 2.05) is 74.5 Å². The van der Waals surface area contributed by atoms with E-state index in [1.165, 1.54) is 0 Å². The minimum Gasteiger partial charge on any atom is -0.484 e. The van der Waals surface area contributed by atoms with Crippen molar-refractivity contribution in [3.63, 3.8) is 0 Å². The molecule has 0 saturated carbocycles. The Bertz CT molecular complexity index is 1110. The van der Waals surface area contributed by atoms with Crippen LogP contribution in [0, 0.1) is 0 Å². The molecule has 0 saturated heterocycles. The lowest BCUT2D eigenvalue weighted by Crippen LogP contribution is -2.53. The van der Waals surface area contributed by atoms with Gasteiger partial charge in [0.05, 0.1) is 0 Å². The second-order valence-corrected chi connectivity index (χ2v) is 9.70. The van der Waals surface area contributed by atoms with E-state index in [9.17, 15) is 9.59 Å². The fourth-order valence-corrected chi connectivity index (χ4v) is 4.02. The number of rotatable bonds is 11. The molecular weight excluding hydrogens is 528 g/mol. The van der Waals surface area contributed by atoms with Crippen molar-refractivity contribution in [1.82, 2.24) is 10.2 Å². The largest absolute Gasteiger partial charge is 0.484 e. The number of ether oxygens (including phenoxy) is 1. The van der Waals surface area contributed by atoms with Crippen LogP contribution in [0.15, 0.2) is 83.3 Å². The topological polar surface area (TPSA) is 58.6 Å². The Labute approximate surface area is 220 Å². The van der Waals surface area contributed by atoms with E-state index in [0.717, 1.165) is 22.0 Å². The Morgan fingerprint density at radius 3 is 2.31 bits per heavy atom. The van der Waals surface area contributed by atoms with Crippen LogP contribution < -0.4 is 10.1 Å². The van der Waals surface area contributed by atoms with Gasteiger partial charge >= 0.3 is 0 Å². The number of carbonyl (C=O) groups excluding carboxylic acids is 2. The SMILES string of the molecule is CCC(C)NC(=O)C(Cc1ccccc1)N(Cc1ccccc1Cl)C(=O)COc1ccc(Br)cc1. The maximum atomic E-state index is 13.6. The van der Waals surface area contributed by atoms with Crippen molar-refractivity contribution in [2.75, 3.05) is 6.61 Å². The van der Waals surface area contributed by atoms with Crippen LogP contribution in [0.3, 0.4) is 0 Å². The average Bonchev–Trinajstić information content (AvgIpc) is 2.87. The van der Waals surface area contributed by atoms with Crippen LogP contribution in [0.25, 0.3) is 0 Å². The quantitative estimate of drug-likeness (QED) is 0.313. The van der Waals surface area contributed by atoms with Gasteiger partial charge in [-0.25, -0.2) is 0 Å². The lowest BCUT2D eigenvalue weighted by Gasteiger charge is -2.32. The van der Waals surface area contributed by atoms with Crippen LogP contribution in [0.1, 0.15) is 31.4 Å². The van der Waals surface area contributed by atoms with Gasteiger partial charge < -0.3 is 15.0 Å². The molecule has 7 heteroatoms. The first-order valence-corrected chi connectivity index (χ1v) is 12.8. The molecule has 2 unspecified atom stereocenters. The van der Waals surface area contributed by atoms with Crippen LogP contribution in [-0.2, 0) is 22.6 Å². The predicted octanol–water partition coefficient (Wildman–Crippen LogP) is 6.04. The number of nitrogens with one attached hydrogen (secondary N) is 1. The molecule has 2 amide bonds. The summed E-state index contributed by atoms with van der Waals surface area (Å²) in [6.45, 7) is 3.95. The molecule has 3 aromatic carbocycles. The monoisotopic (exact) mass is 556 g/mol. The molecule has 184 valence electrons. The van der Waals surface area contributed by atoms with Crippen LogP contribution in [0.5, 0.6) is 5.75 Å². The molecule has 0 aliphatic carbocycles. The zero-order valence-electron chi connectivity index (χ0n) is 19.9. The number of carbonyl (C=O) groups is 2. The third-order valence-corrected chi connectivity index (χ3v) is 6.64. The molecule has 1 N–H and O–H groups in total. The molecule has 0 bridgehead atoms. The highest BCUT2D eigenvalue weighted by molar-refractivity contribution is 9.10. The summed E-state index contributed by atoms with van der Waals surface area (Å²) in [6.07, 6.45) is 1.16. The van der Waals surface area contributed by atoms with E-state index in [-0.39, 0.29) is 31.0 Å². The van der Waals surface area contributed by atoms with Crippen molar-refractivity contribution in [2.24, 2.45) is 0 Å². The zero-order valence-corrected chi connectivity index (χ0v) is 22.3. The van der Waals surface area contributed by atoms with Crippen LogP contribution in [0.4, 0.5) is 0 Å². The molecule has 0 aromatic heterocycles. The van der Waals surface area contributed by atoms with Crippen molar-refractivity contribution in [1.29, 1.82) is 0 Å². The van der Waals surface area contributed by atoms with E-state index >= 15 is 0 Å². The molecule has 2 atom stereocenters. The zero-order chi connectivity index (χ0) is 25.2. The first-order valence-electron chi connectivity index (χ1n) is 11.6. The van der Waals surface area contributed by atoms with E-state index in [2.05, 4.69) is 21.2 Å². The number of hydrogen-bond donors (Lipinski definition) is 1. The highest BCUT2D eigenvalue weighted by atomic mass is 79.9. The third kappa shape index (κ3) is 8.11. The number of hydrogen-bond acceptors (Lipinski definition) is 3. The normalized spacial score (nSPS) is 12.5. The maximum Gasteiger partial charge on any atom is 0.261 e. The summed E-state index contributed by atoms with van der Waals surface area (Å²) in [7, 11) is 0. The standard InChI is InChI=1S/C28H30BrClN2O3/c1-3-20(2)31-28(34)26(17-21-9-5-4-6-10-21)32(18-22-11-7-8-12-25(22)30)27(33)19-35-24-15-13-23(29)14-16-24/h4-16,20,26H,3,17-19H2,1-2H3,(H,31,34). The van der Waals surface area contributed by atoms with E-state index in [4.69, 9.17) is 16.3 Å². The Hall–Kier alpha value is -2.83. The lowest BCUT2D eigenvalue weighted by atomic mass is 10.0. The highest BCUT2D eigenvalue weighted by Gasteiger charge is 2.31. The molecule has 0 aliphatic rings. The van der Waals surface area contributed by atoms with E-state index in [1.54, 1.807) is 23.1 Å². The molecule has 0 aliphatic heterocycles. The Kier molecular flexibility index (Phi) is 10.2. The number of nitrogens with zero attached hydrogens (tertiary/aromatic N) is 1. The molecule has 0 heterocycles. The van der Waals surface area contributed by atoms with Gasteiger partial charge in [0.1, 0.15) is 11.8 Å². The minimum absolute atomic E-state index is 0.0166. The summed E-state index contributed by atoms with van der Waals surface area (Å²) in [5.74, 6) is 0.0724. The maximum absolute atomic E-state index is 13.6. The first kappa shape index (κ1) is 26.8. The van der Waals surface area contributed by atoms with Crippen molar-refractivity contribution in [3.8, 4) is 5.75 Å². The number of halogens is 2. The third-order valence-electron chi connectivity index (χ3n) is 5.75. The van der Waals surface area contributed by atoms with Crippen LogP contribution in [-0.4, -0.2) is 35.4 Å². The van der Waals surface area contributed by atoms with Gasteiger partial charge in [-0.05, 0) is 54.8 Å². The summed E-state index contributed by atoms with van der Waals surface area (Å²) in [6, 6.07) is 23.6. The minimum atomic E-state index is -0.733. The van der Waals surface area contributed by atoms with Gasteiger partial charge in [-0.1, -0.05) is 83.0 Å². The fourth-order valence-electron chi connectivity index (χ4n) is 3.56. The fraction of sp³-hybridized carbons (Fsp3) is 0.286. The second kappa shape index (κ2) is 13.3. The molecular formula is C28H30BrClN2O3. The number of amides is 2. The van der Waals surface area contributed by atoms with Crippen molar-refractivity contribution in [3.05, 3.63) is 99.5 Å². The first-order chi connectivity index (χ1) is 16.9. The Balaban J connectivity index is 1.91. The van der Waals surface area contributed by atoms with Gasteiger partial charge in [0.25, 0.3) is 5.91 Å². The molecule has 35 heavy (non-hydrogen) atoms. The molecule has 3 rings (SSSR count). The summed E-state index contributed by atoms with van der Waals surface area (Å²) < 4.78 is 6.70. The van der Waals surface area contributed by atoms with Crippen LogP contribution in [0.2, 0.25) is 5.02 Å². The highest BCUT2D eigenvalue weighted by Crippen LogP contribution is 2.21. The van der Waals surface area contributed by atoms with Gasteiger partial charge in [0.15, 0.2) is 6.61 Å². The Morgan fingerprint density at radius 2 is 1.66 bits per heavy atom. The smallest absolute Gasteiger partial charge is 0.261 e. The Morgan fingerprint density at radius 1 is 1.00 bits per heavy atom. The summed E-state index contributed by atoms with van der Waals surface area (Å²) in [5, 5.41) is 3.60. The predicted molar refractivity (Wildman–Crippen MR) is 143 cm³/mol. The summed E-state index contributed by atoms with van der Waals surface area (Å²) in [5.41, 5.74) is 1.73. The summed E-state index contributed by atoms with van der Waals surface area (Å²) >= 11 is 9.83. The van der Waals surface area contributed by atoms with Gasteiger partial charge in [-0.2, -0.15) is 0 Å². The summed E-state index contributed by atoms with van der Waals surface area (Å²) in [4.78, 5) is 28.6. The van der Waals surface area contributed by atoms with Gasteiger partial charge in [-0.15, -0.1) is 0 Å². The van der Waals surface area contributed by atoms with E-state index < -0.39 is 6.04 Å². The second-order valence-electron chi connectivity index (χ2n) is 8.38. The van der Waals surface area contributed by atoms with Crippen molar-refractivity contribution in [2.45, 2.75) is 45.3 Å². The molecule has 0 fully saturated rings. The number of benzene rings is 3. The van der Waals surface area contributed by atoms with Crippen molar-refractivity contribution < 1.29 is 14.3 Å². The lowest BCUT2D eigenvalue weighted by molar-refractivity contribution is -0.143. The van der Waals surface area contributed by atoms with E-state index in [0.29, 0.717) is 17.2 Å². The molecule has 3 aromatic rings. The molecule has 5 nitrogen and oxygen atoms in total. The van der Waals surface area contributed by atoms with Crippen LogP contribution >= 0.6 is 27.5 Å². The molecule has 0 spiro atoms. The van der Waals surface area contributed by atoms with Gasteiger partial charge in [-0.3, -0.25) is 9.59 Å². The van der Waals surface area contributed by atoms with Gasteiger partial charge in [0.2, 0.25) is 5.91 Å². The molecule has 0 radical (unpaired) electrons. The van der Waals surface area contributed by atoms with Crippen molar-refractivity contribution >= 4 is 39.3 Å². The van der Waals surface area contributed by atoms with Gasteiger partial charge in [0, 0.05) is 28.5 Å². The average molecular weight is 558 g/mol.